The van der Waals surface area contributed by atoms with Gasteiger partial charge in [0.05, 0.1) is 6.10 Å². The Morgan fingerprint density at radius 3 is 2.50 bits per heavy atom. The first kappa shape index (κ1) is 10.2. The van der Waals surface area contributed by atoms with Gasteiger partial charge in [0.25, 0.3) is 0 Å². The Kier molecular flexibility index (Phi) is 2.40. The van der Waals surface area contributed by atoms with Crippen LogP contribution in [0.5, 0.6) is 0 Å². The number of piperidine rings is 1. The van der Waals surface area contributed by atoms with E-state index < -0.39 is 0 Å². The molecule has 3 atom stereocenters. The minimum atomic E-state index is -0.357. The molecule has 1 aromatic rings. The lowest BCUT2D eigenvalue weighted by atomic mass is 10.1. The zero-order chi connectivity index (χ0) is 11.1. The third kappa shape index (κ3) is 1.61. The SMILES string of the molecule is C[C@H](O)c1ccc(N2CC3CCC2C3)cc1. The molecule has 1 aromatic carbocycles. The van der Waals surface area contributed by atoms with E-state index in [-0.39, 0.29) is 6.10 Å². The average Bonchev–Trinajstić information content (AvgIpc) is 2.91. The highest BCUT2D eigenvalue weighted by Crippen LogP contribution is 2.40. The molecule has 16 heavy (non-hydrogen) atoms. The third-order valence-corrected chi connectivity index (χ3v) is 4.12. The van der Waals surface area contributed by atoms with Crippen LogP contribution in [0.2, 0.25) is 0 Å². The lowest BCUT2D eigenvalue weighted by Gasteiger charge is -2.29. The largest absolute Gasteiger partial charge is 0.389 e. The molecule has 1 aliphatic carbocycles. The van der Waals surface area contributed by atoms with Crippen molar-refractivity contribution in [2.75, 3.05) is 11.4 Å². The minimum Gasteiger partial charge on any atom is -0.389 e. The summed E-state index contributed by atoms with van der Waals surface area (Å²) < 4.78 is 0. The first-order chi connectivity index (χ1) is 7.74. The van der Waals surface area contributed by atoms with Crippen molar-refractivity contribution in [3.63, 3.8) is 0 Å². The Hall–Kier alpha value is -1.02. The summed E-state index contributed by atoms with van der Waals surface area (Å²) in [5.41, 5.74) is 2.34. The van der Waals surface area contributed by atoms with Crippen LogP contribution in [-0.4, -0.2) is 17.7 Å². The maximum atomic E-state index is 9.47. The Labute approximate surface area is 96.9 Å². The summed E-state index contributed by atoms with van der Waals surface area (Å²) in [5.74, 6) is 0.932. The molecule has 2 bridgehead atoms. The molecular weight excluding hydrogens is 198 g/mol. The monoisotopic (exact) mass is 217 g/mol. The number of hydrogen-bond donors (Lipinski definition) is 1. The van der Waals surface area contributed by atoms with Gasteiger partial charge in [0.2, 0.25) is 0 Å². The van der Waals surface area contributed by atoms with Crippen molar-refractivity contribution < 1.29 is 5.11 Å². The number of aliphatic hydroxyl groups is 1. The van der Waals surface area contributed by atoms with Gasteiger partial charge in [-0.1, -0.05) is 12.1 Å². The standard InChI is InChI=1S/C14H19NO/c1-10(16)12-3-6-13(7-4-12)15-9-11-2-5-14(15)8-11/h3-4,6-7,10-11,14,16H,2,5,8-9H2,1H3/t10-,11?,14?/m0/s1. The number of anilines is 1. The Bertz CT molecular complexity index is 371. The van der Waals surface area contributed by atoms with Crippen molar-refractivity contribution in [3.8, 4) is 0 Å². The smallest absolute Gasteiger partial charge is 0.0761 e. The summed E-state index contributed by atoms with van der Waals surface area (Å²) in [6.07, 6.45) is 3.82. The first-order valence-corrected chi connectivity index (χ1v) is 6.28. The fourth-order valence-corrected chi connectivity index (χ4v) is 3.19. The van der Waals surface area contributed by atoms with Crippen molar-refractivity contribution >= 4 is 5.69 Å². The highest BCUT2D eigenvalue weighted by atomic mass is 16.3. The topological polar surface area (TPSA) is 23.5 Å². The van der Waals surface area contributed by atoms with E-state index >= 15 is 0 Å². The molecule has 0 radical (unpaired) electrons. The van der Waals surface area contributed by atoms with Gasteiger partial charge in [0.15, 0.2) is 0 Å². The summed E-state index contributed by atoms with van der Waals surface area (Å²) in [4.78, 5) is 2.54. The molecule has 0 aromatic heterocycles. The van der Waals surface area contributed by atoms with Gasteiger partial charge >= 0.3 is 0 Å². The van der Waals surface area contributed by atoms with Crippen molar-refractivity contribution in [1.82, 2.24) is 0 Å². The van der Waals surface area contributed by atoms with Crippen LogP contribution in [0.15, 0.2) is 24.3 Å². The molecule has 0 spiro atoms. The summed E-state index contributed by atoms with van der Waals surface area (Å²) in [7, 11) is 0. The van der Waals surface area contributed by atoms with Crippen LogP contribution < -0.4 is 4.90 Å². The van der Waals surface area contributed by atoms with Crippen LogP contribution in [0.4, 0.5) is 5.69 Å². The second kappa shape index (κ2) is 3.77. The number of nitrogens with zero attached hydrogens (tertiary/aromatic N) is 1. The number of rotatable bonds is 2. The molecule has 2 heteroatoms. The summed E-state index contributed by atoms with van der Waals surface area (Å²) >= 11 is 0. The first-order valence-electron chi connectivity index (χ1n) is 6.28. The van der Waals surface area contributed by atoms with Crippen LogP contribution >= 0.6 is 0 Å². The molecule has 1 N–H and O–H groups in total. The lowest BCUT2D eigenvalue weighted by molar-refractivity contribution is 0.199. The van der Waals surface area contributed by atoms with Crippen LogP contribution in [0.3, 0.4) is 0 Å². The van der Waals surface area contributed by atoms with E-state index in [1.54, 1.807) is 0 Å². The van der Waals surface area contributed by atoms with Crippen LogP contribution in [-0.2, 0) is 0 Å². The molecule has 2 fully saturated rings. The normalized spacial score (nSPS) is 29.8. The minimum absolute atomic E-state index is 0.357. The molecule has 1 heterocycles. The fraction of sp³-hybridized carbons (Fsp3) is 0.571. The summed E-state index contributed by atoms with van der Waals surface area (Å²) in [6, 6.07) is 9.19. The van der Waals surface area contributed by atoms with Crippen LogP contribution in [0.1, 0.15) is 37.9 Å². The van der Waals surface area contributed by atoms with Crippen molar-refractivity contribution in [2.24, 2.45) is 5.92 Å². The van der Waals surface area contributed by atoms with E-state index in [9.17, 15) is 5.11 Å². The molecule has 2 unspecified atom stereocenters. The maximum Gasteiger partial charge on any atom is 0.0761 e. The number of benzene rings is 1. The van der Waals surface area contributed by atoms with Crippen LogP contribution in [0, 0.1) is 5.92 Å². The Morgan fingerprint density at radius 1 is 1.25 bits per heavy atom. The van der Waals surface area contributed by atoms with Gasteiger partial charge < -0.3 is 10.0 Å². The second-order valence-electron chi connectivity index (χ2n) is 5.25. The van der Waals surface area contributed by atoms with Crippen LogP contribution in [0.25, 0.3) is 0 Å². The van der Waals surface area contributed by atoms with E-state index in [1.807, 2.05) is 19.1 Å². The van der Waals surface area contributed by atoms with Gasteiger partial charge in [-0.25, -0.2) is 0 Å². The zero-order valence-electron chi connectivity index (χ0n) is 9.76. The fourth-order valence-electron chi connectivity index (χ4n) is 3.19. The van der Waals surface area contributed by atoms with Gasteiger partial charge in [0.1, 0.15) is 0 Å². The van der Waals surface area contributed by atoms with Crippen molar-refractivity contribution in [3.05, 3.63) is 29.8 Å². The number of hydrogen-bond acceptors (Lipinski definition) is 2. The highest BCUT2D eigenvalue weighted by molar-refractivity contribution is 5.50. The maximum absolute atomic E-state index is 9.47. The zero-order valence-corrected chi connectivity index (χ0v) is 9.76. The van der Waals surface area contributed by atoms with E-state index in [0.29, 0.717) is 0 Å². The molecule has 0 amide bonds. The quantitative estimate of drug-likeness (QED) is 0.823. The summed E-state index contributed by atoms with van der Waals surface area (Å²) in [5, 5.41) is 9.47. The number of aliphatic hydroxyl groups excluding tert-OH is 1. The van der Waals surface area contributed by atoms with Crippen molar-refractivity contribution in [1.29, 1.82) is 0 Å². The molecule has 1 aliphatic heterocycles. The molecule has 2 nitrogen and oxygen atoms in total. The van der Waals surface area contributed by atoms with Gasteiger partial charge in [-0.05, 0) is 49.8 Å². The molecule has 86 valence electrons. The molecule has 1 saturated carbocycles. The molecule has 2 aliphatic rings. The lowest BCUT2D eigenvalue weighted by Crippen LogP contribution is -2.31. The van der Waals surface area contributed by atoms with Gasteiger partial charge in [-0.2, -0.15) is 0 Å². The summed E-state index contributed by atoms with van der Waals surface area (Å²) in [6.45, 7) is 3.05. The Balaban J connectivity index is 1.80. The van der Waals surface area contributed by atoms with E-state index in [2.05, 4.69) is 17.0 Å². The van der Waals surface area contributed by atoms with Gasteiger partial charge in [0, 0.05) is 18.3 Å². The van der Waals surface area contributed by atoms with Crippen molar-refractivity contribution in [2.45, 2.75) is 38.3 Å². The van der Waals surface area contributed by atoms with E-state index in [1.165, 1.54) is 31.5 Å². The number of fused-ring (bicyclic) bond motifs is 2. The highest BCUT2D eigenvalue weighted by Gasteiger charge is 2.37. The van der Waals surface area contributed by atoms with E-state index in [4.69, 9.17) is 0 Å². The predicted octanol–water partition coefficient (Wildman–Crippen LogP) is 2.73. The predicted molar refractivity (Wildman–Crippen MR) is 65.6 cm³/mol. The Morgan fingerprint density at radius 2 is 2.00 bits per heavy atom. The van der Waals surface area contributed by atoms with E-state index in [0.717, 1.165) is 17.5 Å². The van der Waals surface area contributed by atoms with Gasteiger partial charge in [-0.3, -0.25) is 0 Å². The average molecular weight is 217 g/mol. The second-order valence-corrected chi connectivity index (χ2v) is 5.25. The third-order valence-electron chi connectivity index (χ3n) is 4.12. The molecular formula is C14H19NO. The van der Waals surface area contributed by atoms with Gasteiger partial charge in [-0.15, -0.1) is 0 Å². The molecule has 1 saturated heterocycles. The molecule has 3 rings (SSSR count).